The van der Waals surface area contributed by atoms with Gasteiger partial charge in [0, 0.05) is 116 Å². The van der Waals surface area contributed by atoms with Gasteiger partial charge >= 0.3 is 24.4 Å². The van der Waals surface area contributed by atoms with Gasteiger partial charge in [-0.25, -0.2) is 19.2 Å². The molecule has 26 nitrogen and oxygen atoms in total. The van der Waals surface area contributed by atoms with Crippen molar-refractivity contribution in [1.82, 2.24) is 21.3 Å². The first-order valence-corrected chi connectivity index (χ1v) is 48.4. The lowest BCUT2D eigenvalue weighted by Crippen LogP contribution is -2.45. The van der Waals surface area contributed by atoms with E-state index < -0.39 is 29.8 Å². The summed E-state index contributed by atoms with van der Waals surface area (Å²) < 4.78 is 21.3. The third-order valence-electron chi connectivity index (χ3n) is 24.7. The van der Waals surface area contributed by atoms with Crippen LogP contribution < -0.4 is 62.1 Å². The highest BCUT2D eigenvalue weighted by molar-refractivity contribution is 5.99. The number of nitrogens with zero attached hydrogens (tertiary/aromatic N) is 4. The Morgan fingerprint density at radius 2 is 0.642 bits per heavy atom. The van der Waals surface area contributed by atoms with Crippen molar-refractivity contribution < 1.29 is 66.9 Å². The van der Waals surface area contributed by atoms with Crippen LogP contribution in [0.4, 0.5) is 64.7 Å². The number of amides is 10. The average molecular weight is 1870 g/mol. The van der Waals surface area contributed by atoms with Crippen LogP contribution >= 0.6 is 0 Å². The van der Waals surface area contributed by atoms with Crippen LogP contribution in [0.2, 0.25) is 0 Å². The first-order chi connectivity index (χ1) is 65.2. The molecule has 1 saturated carbocycles. The highest BCUT2D eigenvalue weighted by Gasteiger charge is 2.40. The fourth-order valence-electron chi connectivity index (χ4n) is 18.6. The van der Waals surface area contributed by atoms with Crippen molar-refractivity contribution in [3.63, 3.8) is 0 Å². The zero-order valence-corrected chi connectivity index (χ0v) is 83.3. The molecule has 9 aromatic rings. The van der Waals surface area contributed by atoms with Crippen LogP contribution in [0.15, 0.2) is 200 Å². The summed E-state index contributed by atoms with van der Waals surface area (Å²) in [4.78, 5) is 131. The molecule has 137 heavy (non-hydrogen) atoms. The molecular weight excluding hydrogens is 1730 g/mol. The van der Waals surface area contributed by atoms with E-state index in [-0.39, 0.29) is 108 Å². The van der Waals surface area contributed by atoms with Gasteiger partial charge in [-0.15, -0.1) is 0 Å². The summed E-state index contributed by atoms with van der Waals surface area (Å²) in [5, 5.41) is 25.0. The third-order valence-corrected chi connectivity index (χ3v) is 24.7. The van der Waals surface area contributed by atoms with E-state index in [0.29, 0.717) is 43.5 Å². The summed E-state index contributed by atoms with van der Waals surface area (Å²) in [7, 11) is 0. The molecule has 4 heterocycles. The summed E-state index contributed by atoms with van der Waals surface area (Å²) in [6, 6.07) is 64.5. The summed E-state index contributed by atoms with van der Waals surface area (Å²) in [5.41, 5.74) is 18.9. The van der Waals surface area contributed by atoms with E-state index in [4.69, 9.17) is 18.9 Å². The number of hydrogen-bond acceptors (Lipinski definition) is 16. The molecule has 0 spiro atoms. The molecule has 5 aliphatic rings. The Morgan fingerprint density at radius 1 is 0.350 bits per heavy atom. The molecule has 26 heteroatoms. The summed E-state index contributed by atoms with van der Waals surface area (Å²) >= 11 is 0. The van der Waals surface area contributed by atoms with Crippen LogP contribution in [0.25, 0.3) is 44.5 Å². The number of carbonyl (C=O) groups excluding carboxylic acids is 10. The fraction of sp³-hybridized carbons (Fsp3) is 0.423. The second-order valence-corrected chi connectivity index (χ2v) is 38.6. The van der Waals surface area contributed by atoms with Crippen LogP contribution in [0.5, 0.6) is 0 Å². The van der Waals surface area contributed by atoms with Crippen LogP contribution in [-0.2, 0) is 54.1 Å². The number of nitrogens with one attached hydrogen (secondary N) is 8. The Bertz CT molecular complexity index is 5750. The Morgan fingerprint density at radius 3 is 0.942 bits per heavy atom. The smallest absolute Gasteiger partial charge is 0.407 e. The minimum Gasteiger partial charge on any atom is -0.447 e. The molecule has 8 N–H and O–H groups in total. The first-order valence-electron chi connectivity index (χ1n) is 48.4. The highest BCUT2D eigenvalue weighted by Crippen LogP contribution is 2.46. The number of alkyl carbamates (subject to hydrolysis) is 4. The Hall–Kier alpha value is -13.5. The van der Waals surface area contributed by atoms with Gasteiger partial charge in [-0.1, -0.05) is 150 Å². The number of carbonyl (C=O) groups is 10. The van der Waals surface area contributed by atoms with Crippen LogP contribution in [-0.4, -0.2) is 121 Å². The largest absolute Gasteiger partial charge is 0.447 e. The fourth-order valence-corrected chi connectivity index (χ4v) is 18.6. The minimum absolute atomic E-state index is 0.00335. The Labute approximate surface area is 808 Å². The summed E-state index contributed by atoms with van der Waals surface area (Å²) in [5.74, 6) is 0.513. The van der Waals surface area contributed by atoms with Crippen LogP contribution in [0, 0.1) is 11.3 Å². The van der Waals surface area contributed by atoms with E-state index in [0.717, 1.165) is 132 Å². The van der Waals surface area contributed by atoms with Crippen molar-refractivity contribution >= 4 is 105 Å². The van der Waals surface area contributed by atoms with E-state index in [1.165, 1.54) is 32.1 Å². The van der Waals surface area contributed by atoms with Crippen molar-refractivity contribution in [2.45, 2.75) is 282 Å². The maximum absolute atomic E-state index is 12.6. The molecule has 1 aliphatic carbocycles. The van der Waals surface area contributed by atoms with Gasteiger partial charge in [-0.3, -0.25) is 28.8 Å². The molecule has 0 bridgehead atoms. The number of anilines is 8. The second-order valence-electron chi connectivity index (χ2n) is 38.6. The van der Waals surface area contributed by atoms with Gasteiger partial charge in [-0.2, -0.15) is 0 Å². The molecule has 10 amide bonds. The number of ether oxygens (including phenoxy) is 4. The monoisotopic (exact) mass is 1870 g/mol. The van der Waals surface area contributed by atoms with Crippen LogP contribution in [0.3, 0.4) is 0 Å². The SMILES string of the molecule is CC(=O)N1c2ccc(-c3cccc(NC(=O)C(C)(C)C)c3)cc2[C@H](NC(=O)OC(C)C)C[C@@H]1C.CC(=O)N1c2ccc(-c3cccc(NC(=O)Cc4ccccc4)c3)cc2[C@H](NC(=O)OC(C)C)C[C@@H]1C.CC(=O)N1c2ccc(-c3cccc(NCC4CCCCC4)c3)cc2[C@H](NC(=O)OC(C)C)C[C@@H]1C.CCCNc1cccc(-c2ccc3c(c2)[C@H](NC(=O)OC(C)C)C[C@H](C)N3C(C)=O)c1. The molecule has 0 unspecified atom stereocenters. The van der Waals surface area contributed by atoms with Gasteiger partial charge in [-0.05, 0) is 303 Å². The van der Waals surface area contributed by atoms with Gasteiger partial charge in [0.15, 0.2) is 0 Å². The lowest BCUT2D eigenvalue weighted by molar-refractivity contribution is -0.123. The maximum Gasteiger partial charge on any atom is 0.407 e. The first kappa shape index (κ1) is 104. The molecule has 1 fully saturated rings. The van der Waals surface area contributed by atoms with Gasteiger partial charge in [0.25, 0.3) is 0 Å². The van der Waals surface area contributed by atoms with Crippen molar-refractivity contribution in [3.8, 4) is 44.5 Å². The average Bonchev–Trinajstić information content (AvgIpc) is 0.779. The summed E-state index contributed by atoms with van der Waals surface area (Å²) in [6.07, 6.45) is 7.75. The van der Waals surface area contributed by atoms with E-state index in [9.17, 15) is 47.9 Å². The molecule has 8 atom stereocenters. The maximum atomic E-state index is 12.6. The van der Waals surface area contributed by atoms with E-state index in [1.807, 2.05) is 225 Å². The van der Waals surface area contributed by atoms with Crippen molar-refractivity contribution in [3.05, 3.63) is 228 Å². The normalized spacial score (nSPS) is 18.1. The number of rotatable bonds is 22. The Kier molecular flexibility index (Phi) is 36.3. The number of hydrogen-bond donors (Lipinski definition) is 8. The molecule has 0 radical (unpaired) electrons. The standard InChI is InChI=1S/C30H33N3O4.C29H39N3O3.C27H35N3O4.C25H33N3O3/c1-19(2)37-30(36)32-27-15-20(3)33(21(4)34)28-14-13-24(18-26(27)28)23-11-8-12-25(17-23)31-29(35)16-22-9-6-5-7-10-22;1-19(2)35-29(34)31-27-15-20(3)32(21(4)33)28-14-13-24(17-26(27)28)23-11-8-12-25(16-23)30-18-22-9-6-5-7-10-22;1-16(2)34-26(33)29-23-13-17(3)30(18(4)31)24-12-11-20(15-22(23)24)19-9-8-10-21(14-19)28-25(32)27(5,6)7;1-6-12-26-21-9-7-8-19(14-21)20-10-11-24-22(15-20)23(27-25(30)31-16(2)3)13-17(4)28(24)18(5)29/h5-14,17-20,27H,15-16H2,1-4H3,(H,31,35)(H,32,36);8,11-14,16-17,19-20,22,27,30H,5-7,9-10,15,18H2,1-4H3,(H,31,34);8-12,14-17,23H,13H2,1-7H3,(H,28,32)(H,29,33);7-11,14-17,23,26H,6,12-13H2,1-5H3,(H,27,30)/t2*20-,27+;2*17-,23+/m0000/s1. The molecular formula is C111H140N12O14. The molecule has 9 aromatic carbocycles. The predicted octanol–water partition coefficient (Wildman–Crippen LogP) is 23.7. The van der Waals surface area contributed by atoms with Crippen molar-refractivity contribution in [2.75, 3.05) is 54.0 Å². The lowest BCUT2D eigenvalue weighted by atomic mass is 9.89. The highest BCUT2D eigenvalue weighted by atomic mass is 16.6. The molecule has 4 aliphatic heterocycles. The van der Waals surface area contributed by atoms with E-state index >= 15 is 0 Å². The minimum atomic E-state index is -0.502. The quantitative estimate of drug-likeness (QED) is 0.0292. The second kappa shape index (κ2) is 47.8. The molecule has 0 aromatic heterocycles. The number of benzene rings is 9. The molecule has 0 saturated heterocycles. The van der Waals surface area contributed by atoms with Gasteiger partial charge < -0.3 is 81.1 Å². The van der Waals surface area contributed by atoms with E-state index in [2.05, 4.69) is 110 Å². The predicted molar refractivity (Wildman–Crippen MR) is 547 cm³/mol. The van der Waals surface area contributed by atoms with Gasteiger partial charge in [0.05, 0.1) is 55.0 Å². The Balaban J connectivity index is 0.000000176. The third kappa shape index (κ3) is 28.6. The number of fused-ring (bicyclic) bond motifs is 4. The van der Waals surface area contributed by atoms with E-state index in [1.54, 1.807) is 65.2 Å². The molecule has 728 valence electrons. The topological polar surface area (TPSA) is 317 Å². The van der Waals surface area contributed by atoms with Crippen LogP contribution in [0.1, 0.15) is 255 Å². The van der Waals surface area contributed by atoms with Crippen molar-refractivity contribution in [1.29, 1.82) is 0 Å². The van der Waals surface area contributed by atoms with Crippen molar-refractivity contribution in [2.24, 2.45) is 11.3 Å². The zero-order valence-electron chi connectivity index (χ0n) is 83.3. The van der Waals surface area contributed by atoms with Gasteiger partial charge in [0.1, 0.15) is 0 Å². The molecule has 14 rings (SSSR count). The lowest BCUT2D eigenvalue weighted by Gasteiger charge is -2.39. The zero-order chi connectivity index (χ0) is 99.2. The van der Waals surface area contributed by atoms with Gasteiger partial charge in [0.2, 0.25) is 35.4 Å². The summed E-state index contributed by atoms with van der Waals surface area (Å²) in [6.45, 7) is 38.5.